The van der Waals surface area contributed by atoms with Gasteiger partial charge in [-0.1, -0.05) is 13.8 Å². The molecule has 6 heteroatoms. The quantitative estimate of drug-likeness (QED) is 0.731. The maximum Gasteiger partial charge on any atom is 0.237 e. The van der Waals surface area contributed by atoms with Crippen LogP contribution in [0.1, 0.15) is 65.2 Å². The van der Waals surface area contributed by atoms with Gasteiger partial charge in [-0.05, 0) is 83.8 Å². The first kappa shape index (κ1) is 22.5. The molecule has 0 radical (unpaired) electrons. The van der Waals surface area contributed by atoms with Gasteiger partial charge in [0.25, 0.3) is 0 Å². The highest BCUT2D eigenvalue weighted by molar-refractivity contribution is 5.82. The second-order valence-electron chi connectivity index (χ2n) is 11.0. The molecule has 1 amide bonds. The Balaban J connectivity index is 1.29. The predicted molar refractivity (Wildman–Crippen MR) is 119 cm³/mol. The third-order valence-electron chi connectivity index (χ3n) is 8.72. The van der Waals surface area contributed by atoms with Gasteiger partial charge in [0.2, 0.25) is 5.91 Å². The second kappa shape index (κ2) is 9.41. The number of carbonyl (C=O) groups excluding carboxylic acids is 1. The number of carbonyl (C=O) groups is 1. The highest BCUT2D eigenvalue weighted by atomic mass is 19.1. The minimum atomic E-state index is -0.748. The summed E-state index contributed by atoms with van der Waals surface area (Å²) in [6.07, 6.45) is 7.31. The number of amides is 1. The summed E-state index contributed by atoms with van der Waals surface area (Å²) in [7, 11) is 4.39. The van der Waals surface area contributed by atoms with Crippen molar-refractivity contribution in [2.45, 2.75) is 102 Å². The summed E-state index contributed by atoms with van der Waals surface area (Å²) in [6, 6.07) is 1.49. The van der Waals surface area contributed by atoms with E-state index in [2.05, 4.69) is 48.4 Å². The van der Waals surface area contributed by atoms with Crippen molar-refractivity contribution in [3.05, 3.63) is 0 Å². The fourth-order valence-corrected chi connectivity index (χ4v) is 6.99. The molecule has 0 aromatic carbocycles. The number of hydrogen-bond donors (Lipinski definition) is 2. The molecule has 2 saturated heterocycles. The topological polar surface area (TPSA) is 47.6 Å². The highest BCUT2D eigenvalue weighted by Gasteiger charge is 2.46. The number of halogens is 1. The summed E-state index contributed by atoms with van der Waals surface area (Å²) < 4.78 is 14.4. The largest absolute Gasteiger partial charge is 0.352 e. The number of piperidine rings is 1. The monoisotopic (exact) mass is 422 g/mol. The number of nitrogens with one attached hydrogen (secondary N) is 2. The molecule has 0 bridgehead atoms. The number of likely N-dealkylation sites (tertiary alicyclic amines) is 1. The molecule has 30 heavy (non-hydrogen) atoms. The van der Waals surface area contributed by atoms with E-state index in [1.54, 1.807) is 0 Å². The van der Waals surface area contributed by atoms with E-state index in [0.717, 1.165) is 25.8 Å². The van der Waals surface area contributed by atoms with Crippen LogP contribution in [0.25, 0.3) is 0 Å². The van der Waals surface area contributed by atoms with E-state index in [4.69, 9.17) is 0 Å². The fourth-order valence-electron chi connectivity index (χ4n) is 6.99. The molecule has 5 nitrogen and oxygen atoms in total. The summed E-state index contributed by atoms with van der Waals surface area (Å²) in [5.41, 5.74) is 0. The molecule has 9 atom stereocenters. The Morgan fingerprint density at radius 1 is 1.07 bits per heavy atom. The first-order valence-electron chi connectivity index (χ1n) is 12.4. The molecule has 2 saturated carbocycles. The summed E-state index contributed by atoms with van der Waals surface area (Å²) in [6.45, 7) is 6.91. The van der Waals surface area contributed by atoms with Crippen LogP contribution < -0.4 is 10.6 Å². The average molecular weight is 423 g/mol. The Bertz CT molecular complexity index is 584. The molecule has 172 valence electrons. The number of fused-ring (bicyclic) bond motifs is 1. The molecule has 2 heterocycles. The van der Waals surface area contributed by atoms with E-state index in [9.17, 15) is 9.18 Å². The first-order chi connectivity index (χ1) is 14.3. The van der Waals surface area contributed by atoms with Gasteiger partial charge in [0.1, 0.15) is 6.17 Å². The number of rotatable bonds is 4. The van der Waals surface area contributed by atoms with Gasteiger partial charge in [0, 0.05) is 36.6 Å². The van der Waals surface area contributed by atoms with Crippen molar-refractivity contribution in [3.63, 3.8) is 0 Å². The minimum absolute atomic E-state index is 0.0167. The van der Waals surface area contributed by atoms with Crippen LogP contribution in [-0.4, -0.2) is 79.3 Å². The van der Waals surface area contributed by atoms with Crippen LogP contribution in [0.2, 0.25) is 0 Å². The molecular formula is C24H43FN4O. The highest BCUT2D eigenvalue weighted by Crippen LogP contribution is 2.38. The standard InChI is InChI=1S/C24H43FN4O/c1-15-8-9-20(25)19-13-21(27-23(15)19)24(30)26-17-6-5-7-18(12-17)29-11-10-22(28(3)4)16(2)14-29/h15-23,27H,5-14H2,1-4H3,(H,26,30)/t15?,16-,17?,18?,19?,20?,21?,22+,23?/m1/s1. The third kappa shape index (κ3) is 4.71. The molecule has 4 rings (SSSR count). The van der Waals surface area contributed by atoms with Crippen LogP contribution in [0, 0.1) is 17.8 Å². The number of alkyl halides is 1. The maximum atomic E-state index is 14.4. The van der Waals surface area contributed by atoms with Gasteiger partial charge < -0.3 is 15.5 Å². The van der Waals surface area contributed by atoms with Crippen LogP contribution in [0.3, 0.4) is 0 Å². The lowest BCUT2D eigenvalue weighted by molar-refractivity contribution is -0.124. The van der Waals surface area contributed by atoms with Crippen molar-refractivity contribution in [3.8, 4) is 0 Å². The maximum absolute atomic E-state index is 14.4. The summed E-state index contributed by atoms with van der Waals surface area (Å²) in [5.74, 6) is 1.27. The van der Waals surface area contributed by atoms with Crippen molar-refractivity contribution in [1.29, 1.82) is 0 Å². The van der Waals surface area contributed by atoms with E-state index in [-0.39, 0.29) is 30.0 Å². The van der Waals surface area contributed by atoms with Crippen LogP contribution in [0.15, 0.2) is 0 Å². The number of hydrogen-bond acceptors (Lipinski definition) is 4. The molecule has 2 aliphatic heterocycles. The fraction of sp³-hybridized carbons (Fsp3) is 0.958. The molecule has 0 aromatic rings. The van der Waals surface area contributed by atoms with Gasteiger partial charge >= 0.3 is 0 Å². The van der Waals surface area contributed by atoms with Crippen molar-refractivity contribution in [1.82, 2.24) is 20.4 Å². The van der Waals surface area contributed by atoms with Gasteiger partial charge in [0.15, 0.2) is 0 Å². The Kier molecular flexibility index (Phi) is 7.05. The van der Waals surface area contributed by atoms with Gasteiger partial charge in [-0.25, -0.2) is 4.39 Å². The molecule has 7 unspecified atom stereocenters. The molecule has 4 aliphatic rings. The predicted octanol–water partition coefficient (Wildman–Crippen LogP) is 2.80. The molecular weight excluding hydrogens is 379 g/mol. The summed E-state index contributed by atoms with van der Waals surface area (Å²) >= 11 is 0. The second-order valence-corrected chi connectivity index (χ2v) is 11.0. The van der Waals surface area contributed by atoms with Crippen LogP contribution in [-0.2, 0) is 4.79 Å². The SMILES string of the molecule is CC1CCC(F)C2CC(C(=O)NC3CCCC(N4CC[C@H](N(C)C)[C@H](C)C4)C3)NC12. The summed E-state index contributed by atoms with van der Waals surface area (Å²) in [5, 5.41) is 6.84. The zero-order valence-electron chi connectivity index (χ0n) is 19.4. The third-order valence-corrected chi connectivity index (χ3v) is 8.72. The zero-order valence-corrected chi connectivity index (χ0v) is 19.4. The minimum Gasteiger partial charge on any atom is -0.352 e. The van der Waals surface area contributed by atoms with Crippen molar-refractivity contribution in [2.75, 3.05) is 27.2 Å². The van der Waals surface area contributed by atoms with Crippen molar-refractivity contribution < 1.29 is 9.18 Å². The lowest BCUT2D eigenvalue weighted by atomic mass is 9.77. The van der Waals surface area contributed by atoms with E-state index < -0.39 is 6.17 Å². The molecule has 2 N–H and O–H groups in total. The Labute approximate surface area is 182 Å². The lowest BCUT2D eigenvalue weighted by Gasteiger charge is -2.45. The van der Waals surface area contributed by atoms with E-state index in [0.29, 0.717) is 36.8 Å². The Hall–Kier alpha value is -0.720. The molecule has 0 aromatic heterocycles. The Morgan fingerprint density at radius 2 is 1.87 bits per heavy atom. The van der Waals surface area contributed by atoms with Crippen molar-refractivity contribution in [2.24, 2.45) is 17.8 Å². The molecule has 0 spiro atoms. The van der Waals surface area contributed by atoms with Crippen molar-refractivity contribution >= 4 is 5.91 Å². The van der Waals surface area contributed by atoms with Crippen LogP contribution in [0.4, 0.5) is 4.39 Å². The first-order valence-corrected chi connectivity index (χ1v) is 12.4. The van der Waals surface area contributed by atoms with E-state index >= 15 is 0 Å². The van der Waals surface area contributed by atoms with E-state index in [1.165, 1.54) is 25.8 Å². The zero-order chi connectivity index (χ0) is 21.4. The summed E-state index contributed by atoms with van der Waals surface area (Å²) in [4.78, 5) is 18.1. The van der Waals surface area contributed by atoms with Gasteiger partial charge in [-0.15, -0.1) is 0 Å². The number of nitrogens with zero attached hydrogens (tertiary/aromatic N) is 2. The molecule has 4 fully saturated rings. The lowest BCUT2D eigenvalue weighted by Crippen LogP contribution is -2.54. The van der Waals surface area contributed by atoms with Crippen LogP contribution in [0.5, 0.6) is 0 Å². The van der Waals surface area contributed by atoms with Gasteiger partial charge in [0.05, 0.1) is 6.04 Å². The Morgan fingerprint density at radius 3 is 2.57 bits per heavy atom. The van der Waals surface area contributed by atoms with E-state index in [1.807, 2.05) is 0 Å². The van der Waals surface area contributed by atoms with Gasteiger partial charge in [-0.3, -0.25) is 9.69 Å². The smallest absolute Gasteiger partial charge is 0.237 e. The normalized spacial score (nSPS) is 45.3. The average Bonchev–Trinajstić information content (AvgIpc) is 3.18. The van der Waals surface area contributed by atoms with Gasteiger partial charge in [-0.2, -0.15) is 0 Å². The molecule has 2 aliphatic carbocycles. The van der Waals surface area contributed by atoms with Crippen LogP contribution >= 0.6 is 0 Å².